The van der Waals surface area contributed by atoms with E-state index >= 15 is 0 Å². The van der Waals surface area contributed by atoms with Crippen LogP contribution in [0.15, 0.2) is 78.8 Å². The lowest BCUT2D eigenvalue weighted by atomic mass is 9.99. The zero-order chi connectivity index (χ0) is 20.8. The summed E-state index contributed by atoms with van der Waals surface area (Å²) in [5.41, 5.74) is 2.41. The molecule has 0 aliphatic heterocycles. The molecule has 0 aromatic heterocycles. The van der Waals surface area contributed by atoms with E-state index in [0.29, 0.717) is 0 Å². The van der Waals surface area contributed by atoms with Gasteiger partial charge in [0, 0.05) is 0 Å². The van der Waals surface area contributed by atoms with Gasteiger partial charge in [-0.2, -0.15) is 0 Å². The Labute approximate surface area is 158 Å². The Morgan fingerprint density at radius 1 is 0.808 bits per heavy atom. The highest BCUT2D eigenvalue weighted by atomic mass is 16.5. The van der Waals surface area contributed by atoms with E-state index in [2.05, 4.69) is 0 Å². The summed E-state index contributed by atoms with van der Waals surface area (Å²) in [5, 5.41) is 0. The Balaban J connectivity index is 2.19. The molecule has 3 rings (SSSR count). The number of hydrogen-bond donors (Lipinski definition) is 0. The van der Waals surface area contributed by atoms with Crippen LogP contribution in [0.3, 0.4) is 0 Å². The van der Waals surface area contributed by atoms with E-state index in [1.165, 1.54) is 7.11 Å². The summed E-state index contributed by atoms with van der Waals surface area (Å²) in [7, 11) is 1.26. The first-order valence-electron chi connectivity index (χ1n) is 9.71. The molecular weight excluding hydrogens is 320 g/mol. The van der Waals surface area contributed by atoms with Gasteiger partial charge in [0.15, 0.2) is 0 Å². The number of methoxy groups -OCH3 is 1. The van der Waals surface area contributed by atoms with E-state index in [4.69, 9.17) is 8.85 Å². The summed E-state index contributed by atoms with van der Waals surface area (Å²) < 4.78 is 29.8. The molecule has 0 atom stereocenters. The predicted octanol–water partition coefficient (Wildman–Crippen LogP) is 5.81. The normalized spacial score (nSPS) is 12.7. The van der Waals surface area contributed by atoms with Crippen LogP contribution >= 0.6 is 0 Å². The molecule has 0 amide bonds. The molecule has 0 N–H and O–H groups in total. The van der Waals surface area contributed by atoms with Gasteiger partial charge < -0.3 is 4.74 Å². The van der Waals surface area contributed by atoms with E-state index in [1.54, 1.807) is 24.3 Å². The Bertz CT molecular complexity index is 996. The molecule has 0 unspecified atom stereocenters. The second kappa shape index (κ2) is 8.63. The number of benzene rings is 3. The Morgan fingerprint density at radius 2 is 1.27 bits per heavy atom. The van der Waals surface area contributed by atoms with E-state index in [-0.39, 0.29) is 34.8 Å². The molecule has 0 radical (unpaired) electrons. The number of hydrogen-bond acceptors (Lipinski definition) is 2. The van der Waals surface area contributed by atoms with E-state index in [1.807, 2.05) is 60.7 Å². The maximum absolute atomic E-state index is 12.6. The number of carbonyl (C=O) groups excluding carboxylic acids is 1. The minimum absolute atomic E-state index is 0.109. The minimum atomic E-state index is -0.646. The highest BCUT2D eigenvalue weighted by molar-refractivity contribution is 5.99. The van der Waals surface area contributed by atoms with Gasteiger partial charge in [-0.25, -0.2) is 4.79 Å². The molecule has 0 saturated heterocycles. The number of esters is 1. The fourth-order valence-corrected chi connectivity index (χ4v) is 2.50. The van der Waals surface area contributed by atoms with Crippen molar-refractivity contribution in [3.8, 4) is 0 Å². The third kappa shape index (κ3) is 4.37. The molecule has 0 fully saturated rings. The molecule has 128 valence electrons. The summed E-state index contributed by atoms with van der Waals surface area (Å²) in [4.78, 5) is 12.6. The lowest BCUT2D eigenvalue weighted by Gasteiger charge is -2.08. The summed E-state index contributed by atoms with van der Waals surface area (Å²) in [5.74, 6) is -0.646. The van der Waals surface area contributed by atoms with Crippen molar-refractivity contribution in [2.24, 2.45) is 0 Å². The maximum Gasteiger partial charge on any atom is 0.339 e. The van der Waals surface area contributed by atoms with Crippen LogP contribution < -0.4 is 0 Å². The molecule has 26 heavy (non-hydrogen) atoms. The lowest BCUT2D eigenvalue weighted by molar-refractivity contribution is 0.0600. The van der Waals surface area contributed by atoms with Crippen molar-refractivity contribution in [2.45, 2.75) is 0 Å². The summed E-state index contributed by atoms with van der Waals surface area (Å²) in [6.45, 7) is 0. The second-order valence-corrected chi connectivity index (χ2v) is 5.56. The Kier molecular flexibility index (Phi) is 4.60. The van der Waals surface area contributed by atoms with Crippen LogP contribution in [0.5, 0.6) is 0 Å². The van der Waals surface area contributed by atoms with E-state index in [9.17, 15) is 4.79 Å². The number of ether oxygens (including phenoxy) is 1. The van der Waals surface area contributed by atoms with Crippen molar-refractivity contribution in [2.75, 3.05) is 7.11 Å². The topological polar surface area (TPSA) is 26.3 Å². The molecule has 0 heterocycles. The zero-order valence-corrected chi connectivity index (χ0v) is 14.4. The fourth-order valence-electron chi connectivity index (χ4n) is 2.50. The summed E-state index contributed by atoms with van der Waals surface area (Å²) in [6, 6.07) is 18.3. The van der Waals surface area contributed by atoms with Crippen LogP contribution in [0.2, 0.25) is 0 Å². The fraction of sp³-hybridized carbons (Fsp3) is 0.0417. The molecule has 2 heteroatoms. The van der Waals surface area contributed by atoms with Gasteiger partial charge in [0.1, 0.15) is 0 Å². The standard InChI is InChI=1S/C24H20O2/c1-26-24(25)23-21(17-15-19-9-4-2-5-10-19)13-8-14-22(23)18-16-20-11-6-3-7-12-20/h2-18H,1H3/b17-15+,18-16+/i8D,13D,14D. The first-order chi connectivity index (χ1) is 14.0. The molecule has 0 saturated carbocycles. The van der Waals surface area contributed by atoms with Gasteiger partial charge in [-0.3, -0.25) is 0 Å². The van der Waals surface area contributed by atoms with Crippen molar-refractivity contribution in [1.29, 1.82) is 0 Å². The van der Waals surface area contributed by atoms with Crippen molar-refractivity contribution in [3.05, 3.63) is 107 Å². The highest BCUT2D eigenvalue weighted by Gasteiger charge is 2.14. The molecule has 0 bridgehead atoms. The predicted molar refractivity (Wildman–Crippen MR) is 109 cm³/mol. The molecular formula is C24H20O2. The van der Waals surface area contributed by atoms with Crippen LogP contribution in [-0.2, 0) is 4.74 Å². The van der Waals surface area contributed by atoms with Crippen molar-refractivity contribution in [1.82, 2.24) is 0 Å². The van der Waals surface area contributed by atoms with Crippen molar-refractivity contribution in [3.63, 3.8) is 0 Å². The van der Waals surface area contributed by atoms with Crippen molar-refractivity contribution >= 4 is 30.3 Å². The average Bonchev–Trinajstić information content (AvgIpc) is 2.77. The van der Waals surface area contributed by atoms with Gasteiger partial charge >= 0.3 is 5.97 Å². The average molecular weight is 343 g/mol. The molecule has 3 aromatic carbocycles. The quantitative estimate of drug-likeness (QED) is 0.431. The van der Waals surface area contributed by atoms with Crippen LogP contribution in [0.4, 0.5) is 0 Å². The van der Waals surface area contributed by atoms with Crippen molar-refractivity contribution < 1.29 is 13.6 Å². The van der Waals surface area contributed by atoms with E-state index in [0.717, 1.165) is 11.1 Å². The monoisotopic (exact) mass is 343 g/mol. The molecule has 2 nitrogen and oxygen atoms in total. The number of rotatable bonds is 5. The lowest BCUT2D eigenvalue weighted by Crippen LogP contribution is -2.06. The first kappa shape index (κ1) is 13.9. The highest BCUT2D eigenvalue weighted by Crippen LogP contribution is 2.21. The van der Waals surface area contributed by atoms with Crippen LogP contribution in [0.25, 0.3) is 24.3 Å². The number of carbonyl (C=O) groups is 1. The molecule has 0 spiro atoms. The van der Waals surface area contributed by atoms with Crippen LogP contribution in [-0.4, -0.2) is 13.1 Å². The molecule has 0 aliphatic carbocycles. The van der Waals surface area contributed by atoms with Gasteiger partial charge in [-0.1, -0.05) is 103 Å². The van der Waals surface area contributed by atoms with Crippen LogP contribution in [0.1, 0.15) is 36.7 Å². The minimum Gasteiger partial charge on any atom is -0.465 e. The SMILES string of the molecule is [2H]c1c([2H])c(/C=C/c2ccccc2)c(C(=O)OC)c(/C=C/c2ccccc2)c1[2H]. The Morgan fingerprint density at radius 3 is 1.69 bits per heavy atom. The third-order valence-electron chi connectivity index (χ3n) is 3.81. The smallest absolute Gasteiger partial charge is 0.339 e. The van der Waals surface area contributed by atoms with Crippen LogP contribution in [0, 0.1) is 0 Å². The molecule has 0 aliphatic rings. The van der Waals surface area contributed by atoms with Gasteiger partial charge in [0.2, 0.25) is 0 Å². The first-order valence-corrected chi connectivity index (χ1v) is 8.21. The summed E-state index contributed by atoms with van der Waals surface area (Å²) >= 11 is 0. The van der Waals surface area contributed by atoms with Gasteiger partial charge in [0.25, 0.3) is 0 Å². The summed E-state index contributed by atoms with van der Waals surface area (Å²) in [6.07, 6.45) is 6.80. The third-order valence-corrected chi connectivity index (χ3v) is 3.81. The Hall–Kier alpha value is -3.39. The van der Waals surface area contributed by atoms with Gasteiger partial charge in [-0.15, -0.1) is 0 Å². The van der Waals surface area contributed by atoms with Gasteiger partial charge in [-0.05, 0) is 22.3 Å². The van der Waals surface area contributed by atoms with Gasteiger partial charge in [0.05, 0.1) is 16.8 Å². The zero-order valence-electron chi connectivity index (χ0n) is 17.4. The second-order valence-electron chi connectivity index (χ2n) is 5.56. The maximum atomic E-state index is 12.6. The largest absolute Gasteiger partial charge is 0.465 e. The molecule has 3 aromatic rings. The van der Waals surface area contributed by atoms with E-state index < -0.39 is 5.97 Å².